The third kappa shape index (κ3) is 22.3. The van der Waals surface area contributed by atoms with Gasteiger partial charge in [-0.25, -0.2) is 9.97 Å². The zero-order valence-corrected chi connectivity index (χ0v) is 25.6. The summed E-state index contributed by atoms with van der Waals surface area (Å²) in [5, 5.41) is 0. The van der Waals surface area contributed by atoms with Crippen molar-refractivity contribution < 1.29 is 65.4 Å². The minimum Gasteiger partial charge on any atom is -0.391 e. The fourth-order valence-corrected chi connectivity index (χ4v) is 1.35. The SMILES string of the molecule is CCc1cnc[nH]1.CCc1cnc[nH]1.[CH-]=C(C)C(C)=[C-]C.[CH-]=C(C)C(C)=[C-]C.[Y].[Y]. The van der Waals surface area contributed by atoms with Gasteiger partial charge in [0.05, 0.1) is 12.7 Å². The Bertz CT molecular complexity index is 635. The van der Waals surface area contributed by atoms with Gasteiger partial charge in [0.1, 0.15) is 0 Å². The Morgan fingerprint density at radius 2 is 1.07 bits per heavy atom. The molecule has 0 fully saturated rings. The maximum Gasteiger partial charge on any atom is 0.0921 e. The molecule has 0 saturated carbocycles. The predicted molar refractivity (Wildman–Crippen MR) is 119 cm³/mol. The third-order valence-electron chi connectivity index (χ3n) is 3.80. The molecule has 2 rings (SSSR count). The van der Waals surface area contributed by atoms with E-state index in [0.29, 0.717) is 0 Å². The second-order valence-corrected chi connectivity index (χ2v) is 5.98. The van der Waals surface area contributed by atoms with Gasteiger partial charge in [-0.1, -0.05) is 13.8 Å². The minimum absolute atomic E-state index is 0. The van der Waals surface area contributed by atoms with E-state index < -0.39 is 0 Å². The molecule has 162 valence electrons. The molecule has 0 atom stereocenters. The molecule has 0 aromatic carbocycles. The van der Waals surface area contributed by atoms with E-state index in [-0.39, 0.29) is 65.4 Å². The molecule has 0 saturated heterocycles. The van der Waals surface area contributed by atoms with E-state index in [2.05, 4.69) is 45.9 Å². The topological polar surface area (TPSA) is 57.4 Å². The first kappa shape index (κ1) is 36.9. The van der Waals surface area contributed by atoms with Crippen LogP contribution in [0.1, 0.15) is 66.8 Å². The van der Waals surface area contributed by atoms with Crippen LogP contribution in [0, 0.1) is 25.3 Å². The molecule has 0 unspecified atom stereocenters. The van der Waals surface area contributed by atoms with Crippen LogP contribution in [0.15, 0.2) is 47.3 Å². The van der Waals surface area contributed by atoms with Gasteiger partial charge in [-0.3, -0.25) is 0 Å². The minimum atomic E-state index is 0. The van der Waals surface area contributed by atoms with E-state index >= 15 is 0 Å². The van der Waals surface area contributed by atoms with Crippen LogP contribution in [0.4, 0.5) is 0 Å². The van der Waals surface area contributed by atoms with Gasteiger partial charge in [0.25, 0.3) is 0 Å². The molecule has 6 heteroatoms. The normalized spacial score (nSPS) is 9.73. The monoisotopic (exact) mass is 558 g/mol. The molecule has 0 bridgehead atoms. The number of nitrogens with one attached hydrogen (secondary N) is 2. The molecule has 2 heterocycles. The van der Waals surface area contributed by atoms with E-state index in [9.17, 15) is 0 Å². The van der Waals surface area contributed by atoms with Gasteiger partial charge in [-0.05, 0) is 12.8 Å². The van der Waals surface area contributed by atoms with Crippen LogP contribution in [0.5, 0.6) is 0 Å². The average molecular weight is 558 g/mol. The molecule has 2 aromatic rings. The number of hydrogen-bond donors (Lipinski definition) is 2. The summed E-state index contributed by atoms with van der Waals surface area (Å²) in [7, 11) is 0. The number of aromatic amines is 2. The summed E-state index contributed by atoms with van der Waals surface area (Å²) in [4.78, 5) is 13.6. The van der Waals surface area contributed by atoms with Crippen LogP contribution < -0.4 is 0 Å². The third-order valence-corrected chi connectivity index (χ3v) is 3.80. The molecule has 0 spiro atoms. The number of hydrogen-bond acceptors (Lipinski definition) is 2. The van der Waals surface area contributed by atoms with Crippen molar-refractivity contribution in [3.05, 3.63) is 84.0 Å². The Morgan fingerprint density at radius 3 is 1.13 bits per heavy atom. The number of aryl methyl sites for hydroxylation is 2. The van der Waals surface area contributed by atoms with Gasteiger partial charge in [-0.15, -0.1) is 41.5 Å². The van der Waals surface area contributed by atoms with E-state index in [0.717, 1.165) is 35.1 Å². The molecule has 2 aromatic heterocycles. The Morgan fingerprint density at radius 1 is 0.767 bits per heavy atom. The van der Waals surface area contributed by atoms with Crippen molar-refractivity contribution in [1.82, 2.24) is 19.9 Å². The molecule has 0 amide bonds. The molecule has 2 radical (unpaired) electrons. The van der Waals surface area contributed by atoms with E-state index in [4.69, 9.17) is 13.2 Å². The summed E-state index contributed by atoms with van der Waals surface area (Å²) in [6.45, 7) is 26.2. The average Bonchev–Trinajstić information content (AvgIpc) is 3.41. The molecular formula is C24H36N4Y2-4. The Balaban J connectivity index is -0.000000147. The summed E-state index contributed by atoms with van der Waals surface area (Å²) in [5.41, 5.74) is 6.17. The van der Waals surface area contributed by atoms with Crippen molar-refractivity contribution >= 4 is 0 Å². The van der Waals surface area contributed by atoms with E-state index in [1.165, 1.54) is 11.4 Å². The standard InChI is InChI=1S/2C7H10.2C5H8N2.2Y/c2*1-5-7(4)6(2)3;2*1-2-5-3-6-4-7-5;;/h2*2H,1,3-4H3;2*3-4H,2H2,1H3,(H,6,7);;/q2*-2;;;;. The van der Waals surface area contributed by atoms with Gasteiger partial charge >= 0.3 is 0 Å². The van der Waals surface area contributed by atoms with Crippen LogP contribution in [0.25, 0.3) is 0 Å². The largest absolute Gasteiger partial charge is 0.391 e. The molecule has 0 aliphatic rings. The van der Waals surface area contributed by atoms with Gasteiger partial charge in [-0.2, -0.15) is 0 Å². The van der Waals surface area contributed by atoms with Crippen LogP contribution >= 0.6 is 0 Å². The summed E-state index contributed by atoms with van der Waals surface area (Å²) in [5.74, 6) is 0. The van der Waals surface area contributed by atoms with Gasteiger partial charge in [0, 0.05) is 89.2 Å². The van der Waals surface area contributed by atoms with Crippen LogP contribution in [-0.4, -0.2) is 19.9 Å². The smallest absolute Gasteiger partial charge is 0.0921 e. The summed E-state index contributed by atoms with van der Waals surface area (Å²) < 4.78 is 0. The first-order valence-electron chi connectivity index (χ1n) is 9.39. The molecule has 0 aliphatic carbocycles. The number of H-pyrrole nitrogens is 2. The van der Waals surface area contributed by atoms with Crippen LogP contribution in [0.3, 0.4) is 0 Å². The second kappa shape index (κ2) is 24.9. The maximum absolute atomic E-state index is 5.36. The van der Waals surface area contributed by atoms with Gasteiger partial charge < -0.3 is 57.6 Å². The molecular weight excluding hydrogens is 522 g/mol. The first-order chi connectivity index (χ1) is 13.2. The van der Waals surface area contributed by atoms with E-state index in [1.807, 2.05) is 53.9 Å². The van der Waals surface area contributed by atoms with Crippen molar-refractivity contribution in [2.45, 2.75) is 68.2 Å². The first-order valence-corrected chi connectivity index (χ1v) is 9.39. The summed E-state index contributed by atoms with van der Waals surface area (Å²) >= 11 is 0. The zero-order valence-electron chi connectivity index (χ0n) is 19.9. The van der Waals surface area contributed by atoms with Crippen molar-refractivity contribution in [3.8, 4) is 0 Å². The van der Waals surface area contributed by atoms with Crippen molar-refractivity contribution in [1.29, 1.82) is 0 Å². The number of nitrogens with zero attached hydrogens (tertiary/aromatic N) is 2. The van der Waals surface area contributed by atoms with Gasteiger partial charge in [0.15, 0.2) is 0 Å². The number of imidazole rings is 2. The second-order valence-electron chi connectivity index (χ2n) is 5.98. The van der Waals surface area contributed by atoms with Crippen LogP contribution in [-0.2, 0) is 78.3 Å². The fraction of sp³-hybridized carbons (Fsp3) is 0.417. The van der Waals surface area contributed by atoms with E-state index in [1.54, 1.807) is 12.7 Å². The van der Waals surface area contributed by atoms with Crippen molar-refractivity contribution in [3.63, 3.8) is 0 Å². The fourth-order valence-electron chi connectivity index (χ4n) is 1.35. The molecule has 4 nitrogen and oxygen atoms in total. The zero-order chi connectivity index (χ0) is 21.9. The Kier molecular flexibility index (Phi) is 30.6. The maximum atomic E-state index is 5.36. The molecule has 0 aliphatic heterocycles. The number of aromatic nitrogens is 4. The number of allylic oxidation sites excluding steroid dienone is 6. The van der Waals surface area contributed by atoms with Crippen molar-refractivity contribution in [2.75, 3.05) is 0 Å². The molecule has 2 N–H and O–H groups in total. The molecule has 30 heavy (non-hydrogen) atoms. The Hall–Kier alpha value is -0.412. The quantitative estimate of drug-likeness (QED) is 0.347. The number of rotatable bonds is 4. The summed E-state index contributed by atoms with van der Waals surface area (Å²) in [6, 6.07) is 0. The summed E-state index contributed by atoms with van der Waals surface area (Å²) in [6.07, 6.45) is 15.0. The van der Waals surface area contributed by atoms with Gasteiger partial charge in [0.2, 0.25) is 0 Å². The predicted octanol–water partition coefficient (Wildman–Crippen LogP) is 6.21. The van der Waals surface area contributed by atoms with Crippen LogP contribution in [0.2, 0.25) is 0 Å². The Labute approximate surface area is 235 Å². The van der Waals surface area contributed by atoms with Crippen molar-refractivity contribution in [2.24, 2.45) is 0 Å².